The van der Waals surface area contributed by atoms with E-state index in [0.29, 0.717) is 5.92 Å². The first-order valence-electron chi connectivity index (χ1n) is 6.52. The Morgan fingerprint density at radius 1 is 1.33 bits per heavy atom. The van der Waals surface area contributed by atoms with Gasteiger partial charge in [0.1, 0.15) is 0 Å². The lowest BCUT2D eigenvalue weighted by molar-refractivity contribution is 0.409. The van der Waals surface area contributed by atoms with Crippen LogP contribution in [0.3, 0.4) is 0 Å². The number of nitrogens with zero attached hydrogens (tertiary/aromatic N) is 3. The summed E-state index contributed by atoms with van der Waals surface area (Å²) < 4.78 is 0. The second kappa shape index (κ2) is 7.71. The molecular weight excluding hydrogens is 244 g/mol. The minimum atomic E-state index is 0.656. The Balaban J connectivity index is 2.67. The molecule has 0 saturated carbocycles. The van der Waals surface area contributed by atoms with Gasteiger partial charge in [0.2, 0.25) is 0 Å². The van der Waals surface area contributed by atoms with Gasteiger partial charge in [-0.2, -0.15) is 0 Å². The van der Waals surface area contributed by atoms with Crippen LogP contribution in [0.5, 0.6) is 0 Å². The highest BCUT2D eigenvalue weighted by Crippen LogP contribution is 2.23. The average molecular weight is 270 g/mol. The number of anilines is 1. The van der Waals surface area contributed by atoms with Crippen molar-refractivity contribution in [3.63, 3.8) is 0 Å². The monoisotopic (exact) mass is 270 g/mol. The van der Waals surface area contributed by atoms with Crippen LogP contribution in [0.15, 0.2) is 6.20 Å². The number of thiazole rings is 1. The van der Waals surface area contributed by atoms with Crippen molar-refractivity contribution in [3.8, 4) is 0 Å². The van der Waals surface area contributed by atoms with E-state index >= 15 is 0 Å². The van der Waals surface area contributed by atoms with Crippen LogP contribution in [-0.2, 0) is 6.54 Å². The van der Waals surface area contributed by atoms with Crippen molar-refractivity contribution >= 4 is 16.5 Å². The first-order valence-corrected chi connectivity index (χ1v) is 7.33. The predicted molar refractivity (Wildman–Crippen MR) is 80.5 cm³/mol. The van der Waals surface area contributed by atoms with Crippen molar-refractivity contribution in [2.45, 2.75) is 20.4 Å². The Hall–Kier alpha value is -0.650. The molecule has 0 fully saturated rings. The summed E-state index contributed by atoms with van der Waals surface area (Å²) in [7, 11) is 6.20. The molecule has 0 aliphatic heterocycles. The van der Waals surface area contributed by atoms with Crippen LogP contribution in [-0.4, -0.2) is 50.7 Å². The third kappa shape index (κ3) is 5.33. The zero-order chi connectivity index (χ0) is 13.5. The summed E-state index contributed by atoms with van der Waals surface area (Å²) >= 11 is 1.79. The summed E-state index contributed by atoms with van der Waals surface area (Å²) in [5, 5.41) is 4.32. The van der Waals surface area contributed by atoms with Gasteiger partial charge in [-0.3, -0.25) is 0 Å². The lowest BCUT2D eigenvalue weighted by Crippen LogP contribution is -2.34. The van der Waals surface area contributed by atoms with E-state index in [0.717, 1.165) is 31.3 Å². The van der Waals surface area contributed by atoms with Gasteiger partial charge in [0.15, 0.2) is 5.13 Å². The molecule has 1 N–H and O–H groups in total. The van der Waals surface area contributed by atoms with E-state index in [1.54, 1.807) is 11.3 Å². The van der Waals surface area contributed by atoms with Gasteiger partial charge in [-0.25, -0.2) is 4.98 Å². The summed E-state index contributed by atoms with van der Waals surface area (Å²) in [5.74, 6) is 0.656. The number of rotatable bonds is 8. The van der Waals surface area contributed by atoms with Crippen LogP contribution in [0.4, 0.5) is 5.13 Å². The van der Waals surface area contributed by atoms with Crippen LogP contribution in [0, 0.1) is 5.92 Å². The number of likely N-dealkylation sites (N-methyl/N-ethyl adjacent to an activating group) is 1. The summed E-state index contributed by atoms with van der Waals surface area (Å²) in [4.78, 5) is 10.5. The highest BCUT2D eigenvalue weighted by molar-refractivity contribution is 7.15. The smallest absolute Gasteiger partial charge is 0.185 e. The lowest BCUT2D eigenvalue weighted by atomic mass is 10.2. The van der Waals surface area contributed by atoms with Crippen LogP contribution in [0.25, 0.3) is 0 Å². The Bertz CT molecular complexity index is 335. The number of hydrogen-bond donors (Lipinski definition) is 1. The fourth-order valence-electron chi connectivity index (χ4n) is 1.73. The maximum atomic E-state index is 4.55. The summed E-state index contributed by atoms with van der Waals surface area (Å²) in [5.41, 5.74) is 0. The van der Waals surface area contributed by atoms with Crippen LogP contribution >= 0.6 is 11.3 Å². The molecule has 0 unspecified atom stereocenters. The van der Waals surface area contributed by atoms with Gasteiger partial charge in [-0.15, -0.1) is 11.3 Å². The Kier molecular flexibility index (Phi) is 6.60. The molecule has 0 radical (unpaired) electrons. The van der Waals surface area contributed by atoms with Crippen molar-refractivity contribution in [2.24, 2.45) is 5.92 Å². The fourth-order valence-corrected chi connectivity index (χ4v) is 2.68. The zero-order valence-electron chi connectivity index (χ0n) is 12.2. The van der Waals surface area contributed by atoms with Gasteiger partial charge in [0.05, 0.1) is 0 Å². The van der Waals surface area contributed by atoms with E-state index in [1.807, 2.05) is 13.2 Å². The number of hydrogen-bond acceptors (Lipinski definition) is 5. The molecule has 104 valence electrons. The predicted octanol–water partition coefficient (Wildman–Crippen LogP) is 1.89. The molecule has 0 amide bonds. The van der Waals surface area contributed by atoms with Gasteiger partial charge in [0, 0.05) is 37.3 Å². The first kappa shape index (κ1) is 15.4. The van der Waals surface area contributed by atoms with Crippen LogP contribution in [0.1, 0.15) is 18.7 Å². The van der Waals surface area contributed by atoms with Gasteiger partial charge in [0.25, 0.3) is 0 Å². The minimum Gasteiger partial charge on any atom is -0.347 e. The SMILES string of the molecule is CNCc1cnc(N(CCN(C)C)CC(C)C)s1. The molecule has 1 rings (SSSR count). The van der Waals surface area contributed by atoms with E-state index in [9.17, 15) is 0 Å². The molecule has 18 heavy (non-hydrogen) atoms. The summed E-state index contributed by atoms with van der Waals surface area (Å²) in [6.07, 6.45) is 1.99. The normalized spacial score (nSPS) is 11.5. The Morgan fingerprint density at radius 2 is 2.06 bits per heavy atom. The van der Waals surface area contributed by atoms with Gasteiger partial charge >= 0.3 is 0 Å². The van der Waals surface area contributed by atoms with Crippen molar-refractivity contribution in [1.29, 1.82) is 0 Å². The molecule has 0 saturated heterocycles. The molecule has 1 heterocycles. The third-order valence-corrected chi connectivity index (χ3v) is 3.62. The standard InChI is InChI=1S/C13H26N4S/c1-11(2)10-17(7-6-16(4)5)13-15-9-12(18-13)8-14-3/h9,11,14H,6-8,10H2,1-5H3. The first-order chi connectivity index (χ1) is 8.52. The molecule has 0 aromatic carbocycles. The maximum absolute atomic E-state index is 4.55. The third-order valence-electron chi connectivity index (χ3n) is 2.57. The van der Waals surface area contributed by atoms with Crippen LogP contribution < -0.4 is 10.2 Å². The van der Waals surface area contributed by atoms with E-state index < -0.39 is 0 Å². The van der Waals surface area contributed by atoms with Crippen molar-refractivity contribution in [3.05, 3.63) is 11.1 Å². The summed E-state index contributed by atoms with van der Waals surface area (Å²) in [6, 6.07) is 0. The second-order valence-electron chi connectivity index (χ2n) is 5.28. The van der Waals surface area contributed by atoms with Crippen molar-refractivity contribution in [1.82, 2.24) is 15.2 Å². The molecule has 0 bridgehead atoms. The number of nitrogens with one attached hydrogen (secondary N) is 1. The highest BCUT2D eigenvalue weighted by atomic mass is 32.1. The molecule has 1 aromatic heterocycles. The lowest BCUT2D eigenvalue weighted by Gasteiger charge is -2.25. The van der Waals surface area contributed by atoms with Crippen molar-refractivity contribution in [2.75, 3.05) is 45.7 Å². The second-order valence-corrected chi connectivity index (χ2v) is 6.38. The molecule has 0 atom stereocenters. The van der Waals surface area contributed by atoms with Crippen LogP contribution in [0.2, 0.25) is 0 Å². The molecule has 0 aliphatic rings. The molecule has 0 aliphatic carbocycles. The molecule has 1 aromatic rings. The van der Waals surface area contributed by atoms with E-state index in [-0.39, 0.29) is 0 Å². The quantitative estimate of drug-likeness (QED) is 0.781. The van der Waals surface area contributed by atoms with Gasteiger partial charge in [-0.05, 0) is 27.1 Å². The van der Waals surface area contributed by atoms with E-state index in [4.69, 9.17) is 0 Å². The Morgan fingerprint density at radius 3 is 2.61 bits per heavy atom. The summed E-state index contributed by atoms with van der Waals surface area (Å²) in [6.45, 7) is 8.59. The molecule has 0 spiro atoms. The topological polar surface area (TPSA) is 31.4 Å². The highest BCUT2D eigenvalue weighted by Gasteiger charge is 2.12. The molecule has 5 heteroatoms. The Labute approximate surface area is 115 Å². The largest absolute Gasteiger partial charge is 0.347 e. The van der Waals surface area contributed by atoms with Gasteiger partial charge < -0.3 is 15.1 Å². The van der Waals surface area contributed by atoms with Crippen molar-refractivity contribution < 1.29 is 0 Å². The molecular formula is C13H26N4S. The number of aromatic nitrogens is 1. The molecule has 4 nitrogen and oxygen atoms in total. The van der Waals surface area contributed by atoms with Gasteiger partial charge in [-0.1, -0.05) is 13.8 Å². The zero-order valence-corrected chi connectivity index (χ0v) is 13.0. The fraction of sp³-hybridized carbons (Fsp3) is 0.769. The average Bonchev–Trinajstić information content (AvgIpc) is 2.72. The maximum Gasteiger partial charge on any atom is 0.185 e. The van der Waals surface area contributed by atoms with E-state index in [2.05, 4.69) is 48.0 Å². The van der Waals surface area contributed by atoms with E-state index in [1.165, 1.54) is 4.88 Å². The minimum absolute atomic E-state index is 0.656.